The average molecular weight is 257 g/mol. The van der Waals surface area contributed by atoms with Gasteiger partial charge < -0.3 is 10.4 Å². The van der Waals surface area contributed by atoms with E-state index in [1.165, 1.54) is 6.42 Å². The van der Waals surface area contributed by atoms with E-state index in [0.717, 1.165) is 24.0 Å². The van der Waals surface area contributed by atoms with Crippen LogP contribution in [0.15, 0.2) is 24.3 Å². The van der Waals surface area contributed by atoms with Crippen molar-refractivity contribution in [2.45, 2.75) is 32.2 Å². The molecule has 3 nitrogen and oxygen atoms in total. The number of hydrogen-bond acceptors (Lipinski definition) is 2. The van der Waals surface area contributed by atoms with Gasteiger partial charge >= 0.3 is 0 Å². The summed E-state index contributed by atoms with van der Waals surface area (Å²) in [4.78, 5) is 11.8. The Morgan fingerprint density at radius 2 is 2.16 bits per heavy atom. The summed E-state index contributed by atoms with van der Waals surface area (Å²) in [5.74, 6) is 6.32. The Labute approximate surface area is 114 Å². The third kappa shape index (κ3) is 3.84. The second kappa shape index (κ2) is 6.96. The van der Waals surface area contributed by atoms with Gasteiger partial charge in [0.25, 0.3) is 0 Å². The summed E-state index contributed by atoms with van der Waals surface area (Å²) in [6.07, 6.45) is 3.68. The summed E-state index contributed by atoms with van der Waals surface area (Å²) in [5, 5.41) is 11.7. The lowest BCUT2D eigenvalue weighted by Crippen LogP contribution is -2.34. The molecule has 1 amide bonds. The van der Waals surface area contributed by atoms with Crippen molar-refractivity contribution >= 4 is 5.91 Å². The predicted octanol–water partition coefficient (Wildman–Crippen LogP) is 1.84. The molecule has 1 aliphatic carbocycles. The van der Waals surface area contributed by atoms with Gasteiger partial charge in [0.15, 0.2) is 0 Å². The van der Waals surface area contributed by atoms with Crippen LogP contribution in [0.25, 0.3) is 0 Å². The zero-order chi connectivity index (χ0) is 13.5. The van der Waals surface area contributed by atoms with Crippen molar-refractivity contribution < 1.29 is 9.90 Å². The Balaban J connectivity index is 1.95. The van der Waals surface area contributed by atoms with Crippen LogP contribution >= 0.6 is 0 Å². The van der Waals surface area contributed by atoms with Gasteiger partial charge in [0, 0.05) is 24.4 Å². The molecule has 2 rings (SSSR count). The first kappa shape index (κ1) is 13.6. The molecule has 1 aliphatic rings. The number of nitrogens with one attached hydrogen (secondary N) is 1. The molecule has 1 saturated carbocycles. The van der Waals surface area contributed by atoms with E-state index in [9.17, 15) is 4.79 Å². The summed E-state index contributed by atoms with van der Waals surface area (Å²) in [6, 6.07) is 7.79. The topological polar surface area (TPSA) is 49.3 Å². The van der Waals surface area contributed by atoms with Crippen molar-refractivity contribution in [1.82, 2.24) is 5.32 Å². The summed E-state index contributed by atoms with van der Waals surface area (Å²) < 4.78 is 0. The Hall–Kier alpha value is -1.79. The third-order valence-corrected chi connectivity index (χ3v) is 3.41. The molecule has 2 N–H and O–H groups in total. The van der Waals surface area contributed by atoms with Gasteiger partial charge in [0.1, 0.15) is 0 Å². The molecule has 0 heterocycles. The number of benzene rings is 1. The highest BCUT2D eigenvalue weighted by Crippen LogP contribution is 2.26. The van der Waals surface area contributed by atoms with Gasteiger partial charge in [-0.15, -0.1) is 0 Å². The Morgan fingerprint density at radius 3 is 2.84 bits per heavy atom. The molecule has 19 heavy (non-hydrogen) atoms. The molecule has 0 atom stereocenters. The van der Waals surface area contributed by atoms with E-state index in [0.29, 0.717) is 13.0 Å². The molecule has 0 radical (unpaired) electrons. The van der Waals surface area contributed by atoms with Gasteiger partial charge in [-0.05, 0) is 24.5 Å². The maximum Gasteiger partial charge on any atom is 0.223 e. The van der Waals surface area contributed by atoms with Crippen molar-refractivity contribution in [2.75, 3.05) is 6.61 Å². The Kier molecular flexibility index (Phi) is 5.00. The largest absolute Gasteiger partial charge is 0.395 e. The number of aliphatic hydroxyl groups is 1. The van der Waals surface area contributed by atoms with E-state index >= 15 is 0 Å². The van der Waals surface area contributed by atoms with E-state index < -0.39 is 0 Å². The lowest BCUT2D eigenvalue weighted by molar-refractivity contribution is -0.127. The van der Waals surface area contributed by atoms with E-state index in [2.05, 4.69) is 17.2 Å². The Morgan fingerprint density at radius 1 is 1.37 bits per heavy atom. The number of carbonyl (C=O) groups excluding carboxylic acids is 1. The summed E-state index contributed by atoms with van der Waals surface area (Å²) in [5.41, 5.74) is 1.95. The van der Waals surface area contributed by atoms with Crippen LogP contribution in [0, 0.1) is 17.8 Å². The minimum atomic E-state index is 0.0770. The second-order valence-corrected chi connectivity index (χ2v) is 4.78. The lowest BCUT2D eigenvalue weighted by Gasteiger charge is -2.24. The van der Waals surface area contributed by atoms with E-state index in [1.807, 2.05) is 24.3 Å². The van der Waals surface area contributed by atoms with Crippen molar-refractivity contribution in [1.29, 1.82) is 0 Å². The van der Waals surface area contributed by atoms with Gasteiger partial charge in [-0.25, -0.2) is 0 Å². The van der Waals surface area contributed by atoms with Crippen molar-refractivity contribution in [3.8, 4) is 11.8 Å². The van der Waals surface area contributed by atoms with Gasteiger partial charge in [-0.1, -0.05) is 36.5 Å². The first-order valence-electron chi connectivity index (χ1n) is 6.76. The standard InChI is InChI=1S/C16H19NO2/c18-11-4-3-7-13-6-1-2-8-15(13)12-17-16(19)14-9-5-10-14/h1-2,6,8,14,18H,4-5,9-12H2,(H,17,19). The number of aliphatic hydroxyl groups excluding tert-OH is 1. The summed E-state index contributed by atoms with van der Waals surface area (Å²) >= 11 is 0. The first-order valence-corrected chi connectivity index (χ1v) is 6.76. The summed E-state index contributed by atoms with van der Waals surface area (Å²) in [6.45, 7) is 0.604. The van der Waals surface area contributed by atoms with Gasteiger partial charge in [0.05, 0.1) is 6.61 Å². The average Bonchev–Trinajstić information content (AvgIpc) is 2.36. The van der Waals surface area contributed by atoms with Crippen LogP contribution in [-0.2, 0) is 11.3 Å². The Bertz CT molecular complexity index is 495. The number of amides is 1. The zero-order valence-electron chi connectivity index (χ0n) is 11.0. The predicted molar refractivity (Wildman–Crippen MR) is 74.2 cm³/mol. The van der Waals surface area contributed by atoms with Crippen molar-refractivity contribution in [2.24, 2.45) is 5.92 Å². The molecule has 0 aromatic heterocycles. The maximum absolute atomic E-state index is 11.8. The molecular weight excluding hydrogens is 238 g/mol. The van der Waals surface area contributed by atoms with Crippen LogP contribution in [0.1, 0.15) is 36.8 Å². The second-order valence-electron chi connectivity index (χ2n) is 4.78. The SMILES string of the molecule is O=C(NCc1ccccc1C#CCCO)C1CCC1. The fraction of sp³-hybridized carbons (Fsp3) is 0.438. The van der Waals surface area contributed by atoms with Gasteiger partial charge in [-0.2, -0.15) is 0 Å². The molecule has 1 aromatic carbocycles. The van der Waals surface area contributed by atoms with E-state index in [-0.39, 0.29) is 18.4 Å². The molecule has 0 saturated heterocycles. The minimum Gasteiger partial charge on any atom is -0.395 e. The fourth-order valence-electron chi connectivity index (χ4n) is 2.01. The molecule has 100 valence electrons. The lowest BCUT2D eigenvalue weighted by atomic mass is 9.85. The maximum atomic E-state index is 11.8. The van der Waals surface area contributed by atoms with Crippen LogP contribution < -0.4 is 5.32 Å². The van der Waals surface area contributed by atoms with Crippen LogP contribution in [0.3, 0.4) is 0 Å². The van der Waals surface area contributed by atoms with Crippen LogP contribution in [0.2, 0.25) is 0 Å². The van der Waals surface area contributed by atoms with Crippen molar-refractivity contribution in [3.63, 3.8) is 0 Å². The van der Waals surface area contributed by atoms with Gasteiger partial charge in [-0.3, -0.25) is 4.79 Å². The fourth-order valence-corrected chi connectivity index (χ4v) is 2.01. The van der Waals surface area contributed by atoms with Gasteiger partial charge in [0.2, 0.25) is 5.91 Å². The van der Waals surface area contributed by atoms with Crippen molar-refractivity contribution in [3.05, 3.63) is 35.4 Å². The highest BCUT2D eigenvalue weighted by atomic mass is 16.2. The van der Waals surface area contributed by atoms with Crippen LogP contribution in [0.5, 0.6) is 0 Å². The van der Waals surface area contributed by atoms with E-state index in [4.69, 9.17) is 5.11 Å². The number of hydrogen-bond donors (Lipinski definition) is 2. The number of rotatable bonds is 4. The molecule has 0 bridgehead atoms. The van der Waals surface area contributed by atoms with Crippen LogP contribution in [0.4, 0.5) is 0 Å². The molecule has 1 aromatic rings. The molecule has 0 spiro atoms. The monoisotopic (exact) mass is 257 g/mol. The molecule has 3 heteroatoms. The smallest absolute Gasteiger partial charge is 0.223 e. The first-order chi connectivity index (χ1) is 9.31. The molecule has 1 fully saturated rings. The molecule has 0 aliphatic heterocycles. The normalized spacial score (nSPS) is 14.2. The quantitative estimate of drug-likeness (QED) is 0.809. The highest BCUT2D eigenvalue weighted by Gasteiger charge is 2.24. The molecule has 0 unspecified atom stereocenters. The minimum absolute atomic E-state index is 0.0770. The highest BCUT2D eigenvalue weighted by molar-refractivity contribution is 5.79. The zero-order valence-corrected chi connectivity index (χ0v) is 11.0. The van der Waals surface area contributed by atoms with Crippen LogP contribution in [-0.4, -0.2) is 17.6 Å². The third-order valence-electron chi connectivity index (χ3n) is 3.41. The molecular formula is C16H19NO2. The van der Waals surface area contributed by atoms with E-state index in [1.54, 1.807) is 0 Å². The summed E-state index contributed by atoms with van der Waals surface area (Å²) in [7, 11) is 0. The number of carbonyl (C=O) groups is 1.